The fourth-order valence-corrected chi connectivity index (χ4v) is 5.82. The van der Waals surface area contributed by atoms with Gasteiger partial charge in [0.05, 0.1) is 6.10 Å². The number of amides is 2. The molecule has 0 saturated heterocycles. The molecule has 1 aliphatic carbocycles. The molecular formula is C27H52N2O5Si. The summed E-state index contributed by atoms with van der Waals surface area (Å²) in [5, 5.41) is 0.0234. The number of hydrogen-bond acceptors (Lipinski definition) is 5. The van der Waals surface area contributed by atoms with Crippen LogP contribution in [0.4, 0.5) is 9.59 Å². The molecule has 1 saturated carbocycles. The van der Waals surface area contributed by atoms with Crippen molar-refractivity contribution in [3.8, 4) is 0 Å². The molecule has 0 radical (unpaired) electrons. The molecule has 0 aliphatic heterocycles. The fraction of sp³-hybridized carbons (Fsp3) is 0.852. The second-order valence-corrected chi connectivity index (χ2v) is 17.1. The van der Waals surface area contributed by atoms with Gasteiger partial charge in [0.1, 0.15) is 11.9 Å². The lowest BCUT2D eigenvalue weighted by Crippen LogP contribution is -2.45. The molecule has 0 N–H and O–H groups in total. The second-order valence-electron chi connectivity index (χ2n) is 12.4. The van der Waals surface area contributed by atoms with Crippen LogP contribution in [0, 0.1) is 0 Å². The number of hydrogen-bond donors (Lipinski definition) is 0. The summed E-state index contributed by atoms with van der Waals surface area (Å²) in [7, 11) is -2.12. The Kier molecular flexibility index (Phi) is 10.9. The van der Waals surface area contributed by atoms with Crippen LogP contribution < -0.4 is 0 Å². The van der Waals surface area contributed by atoms with Crippen molar-refractivity contribution < 1.29 is 23.5 Å². The Morgan fingerprint density at radius 3 is 1.60 bits per heavy atom. The smallest absolute Gasteiger partial charge is 0.415 e. The van der Waals surface area contributed by atoms with Crippen LogP contribution in [0.5, 0.6) is 0 Å². The Labute approximate surface area is 215 Å². The second kappa shape index (κ2) is 12.1. The zero-order valence-electron chi connectivity index (χ0n) is 24.8. The van der Waals surface area contributed by atoms with Crippen LogP contribution in [-0.4, -0.2) is 66.7 Å². The molecule has 0 heterocycles. The molecule has 2 amide bonds. The topological polar surface area (TPSA) is 68.3 Å². The average Bonchev–Trinajstić information content (AvgIpc) is 3.00. The minimum absolute atomic E-state index is 0.00224. The zero-order valence-corrected chi connectivity index (χ0v) is 25.8. The lowest BCUT2D eigenvalue weighted by molar-refractivity contribution is 0.0555. The molecule has 0 unspecified atom stereocenters. The van der Waals surface area contributed by atoms with Gasteiger partial charge in [-0.1, -0.05) is 20.8 Å². The van der Waals surface area contributed by atoms with Crippen molar-refractivity contribution >= 4 is 20.5 Å². The highest BCUT2D eigenvalue weighted by molar-refractivity contribution is 6.74. The quantitative estimate of drug-likeness (QED) is 0.252. The molecule has 1 aliphatic rings. The normalized spacial score (nSPS) is 20.6. The fourth-order valence-electron chi connectivity index (χ4n) is 4.51. The van der Waals surface area contributed by atoms with Gasteiger partial charge in [-0.25, -0.2) is 9.59 Å². The first-order valence-electron chi connectivity index (χ1n) is 13.2. The third kappa shape index (κ3) is 7.97. The highest BCUT2D eigenvalue weighted by atomic mass is 28.4. The summed E-state index contributed by atoms with van der Waals surface area (Å²) in [6, 6.07) is 0.0326. The minimum atomic E-state index is -2.12. The van der Waals surface area contributed by atoms with Gasteiger partial charge in [-0.05, 0) is 93.3 Å². The van der Waals surface area contributed by atoms with Gasteiger partial charge in [0.2, 0.25) is 0 Å². The van der Waals surface area contributed by atoms with Crippen molar-refractivity contribution in [1.82, 2.24) is 9.80 Å². The van der Waals surface area contributed by atoms with Crippen LogP contribution in [0.25, 0.3) is 0 Å². The van der Waals surface area contributed by atoms with Crippen molar-refractivity contribution in [3.05, 3.63) is 11.3 Å². The number of allylic oxidation sites excluding steroid dienone is 1. The third-order valence-corrected chi connectivity index (χ3v) is 11.7. The van der Waals surface area contributed by atoms with Crippen molar-refractivity contribution in [2.75, 3.05) is 0 Å². The van der Waals surface area contributed by atoms with E-state index in [2.05, 4.69) is 33.9 Å². The predicted octanol–water partition coefficient (Wildman–Crippen LogP) is 7.32. The van der Waals surface area contributed by atoms with Gasteiger partial charge < -0.3 is 23.7 Å². The van der Waals surface area contributed by atoms with Crippen LogP contribution in [0.15, 0.2) is 11.3 Å². The van der Waals surface area contributed by atoms with E-state index in [1.807, 2.05) is 55.4 Å². The standard InChI is InChI=1S/C27H52N2O5Si/c1-17(2)28(18(3)4)25(30)32-21(9)24-22(33-26(31)29(19(5)6)20(7)8)15-16-23(24)34-35(13,14)27(10,11)12/h17-20,22-23H,15-16H2,1-14H3/b24-21-/t22-,23+/m1/s1. The van der Waals surface area contributed by atoms with E-state index in [0.717, 1.165) is 12.0 Å². The number of rotatable bonds is 8. The molecule has 0 spiro atoms. The predicted molar refractivity (Wildman–Crippen MR) is 145 cm³/mol. The summed E-state index contributed by atoms with van der Waals surface area (Å²) in [6.07, 6.45) is -0.131. The summed E-state index contributed by atoms with van der Waals surface area (Å²) in [6.45, 7) is 28.6. The lowest BCUT2D eigenvalue weighted by Gasteiger charge is -2.39. The molecule has 1 fully saturated rings. The van der Waals surface area contributed by atoms with Gasteiger partial charge in [0, 0.05) is 29.7 Å². The van der Waals surface area contributed by atoms with Gasteiger partial charge in [-0.3, -0.25) is 0 Å². The van der Waals surface area contributed by atoms with Crippen LogP contribution in [0.1, 0.15) is 95.9 Å². The first kappa shape index (κ1) is 31.5. The Balaban J connectivity index is 3.38. The molecule has 35 heavy (non-hydrogen) atoms. The molecule has 2 atom stereocenters. The van der Waals surface area contributed by atoms with E-state index in [1.165, 1.54) is 0 Å². The summed E-state index contributed by atoms with van der Waals surface area (Å²) in [5.74, 6) is 0.473. The molecule has 204 valence electrons. The molecule has 0 aromatic heterocycles. The highest BCUT2D eigenvalue weighted by Gasteiger charge is 2.45. The SMILES string of the molecule is C/C(OC(=O)N(C(C)C)C(C)C)=C1/[C@@H](O[Si](C)(C)C(C)(C)C)CC[C@H]1OC(=O)N(C(C)C)C(C)C. The zero-order chi connectivity index (χ0) is 27.5. The van der Waals surface area contributed by atoms with Crippen LogP contribution in [0.2, 0.25) is 18.1 Å². The number of nitrogens with zero attached hydrogens (tertiary/aromatic N) is 2. The van der Waals surface area contributed by atoms with Gasteiger partial charge >= 0.3 is 12.2 Å². The van der Waals surface area contributed by atoms with E-state index in [0.29, 0.717) is 12.2 Å². The number of carbonyl (C=O) groups is 2. The lowest BCUT2D eigenvalue weighted by atomic mass is 10.1. The minimum Gasteiger partial charge on any atom is -0.441 e. The van der Waals surface area contributed by atoms with Gasteiger partial charge in [-0.15, -0.1) is 0 Å². The molecule has 0 bridgehead atoms. The van der Waals surface area contributed by atoms with E-state index in [4.69, 9.17) is 13.9 Å². The van der Waals surface area contributed by atoms with Crippen LogP contribution >= 0.6 is 0 Å². The van der Waals surface area contributed by atoms with Gasteiger partial charge in [0.25, 0.3) is 0 Å². The molecule has 0 aromatic rings. The highest BCUT2D eigenvalue weighted by Crippen LogP contribution is 2.42. The van der Waals surface area contributed by atoms with E-state index >= 15 is 0 Å². The molecule has 7 nitrogen and oxygen atoms in total. The number of carbonyl (C=O) groups excluding carboxylic acids is 2. The Morgan fingerprint density at radius 1 is 0.800 bits per heavy atom. The van der Waals surface area contributed by atoms with Crippen molar-refractivity contribution in [1.29, 1.82) is 0 Å². The van der Waals surface area contributed by atoms with E-state index < -0.39 is 20.5 Å². The summed E-state index contributed by atoms with van der Waals surface area (Å²) in [5.41, 5.74) is 0.774. The third-order valence-electron chi connectivity index (χ3n) is 7.16. The maximum Gasteiger partial charge on any atom is 0.415 e. The average molecular weight is 513 g/mol. The Morgan fingerprint density at radius 2 is 1.20 bits per heavy atom. The number of ether oxygens (including phenoxy) is 2. The van der Waals surface area contributed by atoms with Gasteiger partial charge in [0.15, 0.2) is 8.32 Å². The molecule has 0 aromatic carbocycles. The van der Waals surface area contributed by atoms with E-state index in [1.54, 1.807) is 16.7 Å². The van der Waals surface area contributed by atoms with E-state index in [-0.39, 0.29) is 41.4 Å². The Bertz CT molecular complexity index is 752. The van der Waals surface area contributed by atoms with Crippen molar-refractivity contribution in [3.63, 3.8) is 0 Å². The van der Waals surface area contributed by atoms with E-state index in [9.17, 15) is 9.59 Å². The largest absolute Gasteiger partial charge is 0.441 e. The summed E-state index contributed by atoms with van der Waals surface area (Å²) in [4.78, 5) is 29.7. The Hall–Kier alpha value is -1.54. The maximum atomic E-state index is 13.1. The van der Waals surface area contributed by atoms with Crippen molar-refractivity contribution in [2.45, 2.75) is 150 Å². The summed E-state index contributed by atoms with van der Waals surface area (Å²) >= 11 is 0. The van der Waals surface area contributed by atoms with Crippen LogP contribution in [-0.2, 0) is 13.9 Å². The maximum absolute atomic E-state index is 13.1. The van der Waals surface area contributed by atoms with Gasteiger partial charge in [-0.2, -0.15) is 0 Å². The monoisotopic (exact) mass is 512 g/mol. The first-order valence-corrected chi connectivity index (χ1v) is 16.1. The molecular weight excluding hydrogens is 460 g/mol. The van der Waals surface area contributed by atoms with Crippen LogP contribution in [0.3, 0.4) is 0 Å². The van der Waals surface area contributed by atoms with Crippen molar-refractivity contribution in [2.24, 2.45) is 0 Å². The molecule has 8 heteroatoms. The summed E-state index contributed by atoms with van der Waals surface area (Å²) < 4.78 is 18.7. The first-order chi connectivity index (χ1) is 15.8. The molecule has 1 rings (SSSR count).